The second-order valence-electron chi connectivity index (χ2n) is 8.47. The minimum absolute atomic E-state index is 0.133. The minimum Gasteiger partial charge on any atom is -0.383 e. The quantitative estimate of drug-likeness (QED) is 0.321. The van der Waals surface area contributed by atoms with Crippen LogP contribution in [-0.4, -0.2) is 27.1 Å². The molecule has 2 aromatic carbocycles. The van der Waals surface area contributed by atoms with Gasteiger partial charge in [-0.05, 0) is 72.2 Å². The molecule has 0 aliphatic heterocycles. The number of thioether (sulfide) groups is 1. The highest BCUT2D eigenvalue weighted by molar-refractivity contribution is 7.98. The topological polar surface area (TPSA) is 93.8 Å². The van der Waals surface area contributed by atoms with Crippen LogP contribution in [0, 0.1) is 6.92 Å². The number of benzene rings is 2. The molecule has 0 bridgehead atoms. The molecule has 0 spiro atoms. The summed E-state index contributed by atoms with van der Waals surface area (Å²) in [7, 11) is 0. The van der Waals surface area contributed by atoms with Crippen LogP contribution < -0.4 is 11.1 Å². The van der Waals surface area contributed by atoms with Crippen molar-refractivity contribution in [3.05, 3.63) is 101 Å². The van der Waals surface area contributed by atoms with Crippen LogP contribution in [0.4, 0.5) is 5.82 Å². The van der Waals surface area contributed by atoms with E-state index in [1.54, 1.807) is 30.2 Å². The molecule has 0 saturated heterocycles. The first-order valence-electron chi connectivity index (χ1n) is 11.3. The lowest BCUT2D eigenvalue weighted by Gasteiger charge is -2.10. The number of aryl methyl sites for hydroxylation is 1. The molecule has 0 unspecified atom stereocenters. The van der Waals surface area contributed by atoms with Gasteiger partial charge in [-0.3, -0.25) is 14.8 Å². The van der Waals surface area contributed by atoms with Crippen LogP contribution in [0.1, 0.15) is 32.9 Å². The zero-order valence-electron chi connectivity index (χ0n) is 19.6. The predicted molar refractivity (Wildman–Crippen MR) is 143 cm³/mol. The lowest BCUT2D eigenvalue weighted by atomic mass is 10.0. The van der Waals surface area contributed by atoms with Gasteiger partial charge in [0.2, 0.25) is 0 Å². The van der Waals surface area contributed by atoms with Crippen LogP contribution in [0.5, 0.6) is 0 Å². The van der Waals surface area contributed by atoms with Crippen molar-refractivity contribution in [2.24, 2.45) is 0 Å². The van der Waals surface area contributed by atoms with Gasteiger partial charge in [-0.1, -0.05) is 18.2 Å². The van der Waals surface area contributed by atoms with E-state index in [4.69, 9.17) is 10.7 Å². The molecule has 174 valence electrons. The van der Waals surface area contributed by atoms with E-state index in [-0.39, 0.29) is 5.91 Å². The molecule has 3 heterocycles. The van der Waals surface area contributed by atoms with Gasteiger partial charge in [0.05, 0.1) is 5.52 Å². The van der Waals surface area contributed by atoms with Crippen LogP contribution >= 0.6 is 11.8 Å². The van der Waals surface area contributed by atoms with Gasteiger partial charge in [0.1, 0.15) is 5.82 Å². The highest BCUT2D eigenvalue weighted by Crippen LogP contribution is 2.28. The van der Waals surface area contributed by atoms with Gasteiger partial charge in [0, 0.05) is 58.0 Å². The number of carbonyl (C=O) groups excluding carboxylic acids is 1. The van der Waals surface area contributed by atoms with Gasteiger partial charge in [0.15, 0.2) is 0 Å². The summed E-state index contributed by atoms with van der Waals surface area (Å²) in [4.78, 5) is 27.3. The smallest absolute Gasteiger partial charge is 0.251 e. The fraction of sp³-hybridized carbons (Fsp3) is 0.143. The molecule has 3 aromatic heterocycles. The number of pyridine rings is 3. The number of rotatable bonds is 6. The third-order valence-corrected chi connectivity index (χ3v) is 6.70. The van der Waals surface area contributed by atoms with Gasteiger partial charge in [-0.2, -0.15) is 0 Å². The molecule has 0 aliphatic rings. The van der Waals surface area contributed by atoms with E-state index in [1.165, 1.54) is 0 Å². The van der Waals surface area contributed by atoms with Crippen molar-refractivity contribution in [3.8, 4) is 0 Å². The second kappa shape index (κ2) is 9.72. The molecule has 3 N–H and O–H groups in total. The van der Waals surface area contributed by atoms with Crippen LogP contribution in [0.15, 0.2) is 78.0 Å². The van der Waals surface area contributed by atoms with Crippen molar-refractivity contribution in [1.29, 1.82) is 0 Å². The van der Waals surface area contributed by atoms with Gasteiger partial charge < -0.3 is 11.1 Å². The predicted octanol–water partition coefficient (Wildman–Crippen LogP) is 5.31. The van der Waals surface area contributed by atoms with Crippen molar-refractivity contribution >= 4 is 45.2 Å². The van der Waals surface area contributed by atoms with Crippen molar-refractivity contribution < 1.29 is 4.79 Å². The molecule has 5 aromatic rings. The van der Waals surface area contributed by atoms with Gasteiger partial charge in [-0.15, -0.1) is 11.8 Å². The number of hydrogen-bond donors (Lipinski definition) is 2. The maximum absolute atomic E-state index is 12.9. The first kappa shape index (κ1) is 22.8. The van der Waals surface area contributed by atoms with E-state index in [2.05, 4.69) is 39.7 Å². The number of nitrogens with zero attached hydrogens (tertiary/aromatic N) is 3. The van der Waals surface area contributed by atoms with E-state index in [1.807, 2.05) is 43.3 Å². The lowest BCUT2D eigenvalue weighted by molar-refractivity contribution is 0.0950. The Bertz CT molecular complexity index is 1570. The van der Waals surface area contributed by atoms with E-state index in [9.17, 15) is 4.79 Å². The Morgan fingerprint density at radius 2 is 1.77 bits per heavy atom. The van der Waals surface area contributed by atoms with Crippen molar-refractivity contribution in [3.63, 3.8) is 0 Å². The van der Waals surface area contributed by atoms with E-state index < -0.39 is 0 Å². The zero-order chi connectivity index (χ0) is 24.4. The van der Waals surface area contributed by atoms with Crippen LogP contribution in [0.3, 0.4) is 0 Å². The summed E-state index contributed by atoms with van der Waals surface area (Å²) in [6.45, 7) is 2.42. The van der Waals surface area contributed by atoms with Crippen LogP contribution in [0.2, 0.25) is 0 Å². The Kier molecular flexibility index (Phi) is 6.33. The summed E-state index contributed by atoms with van der Waals surface area (Å²) in [5, 5.41) is 6.03. The summed E-state index contributed by atoms with van der Waals surface area (Å²) in [6, 6.07) is 19.9. The Morgan fingerprint density at radius 1 is 0.943 bits per heavy atom. The molecule has 0 saturated carbocycles. The molecule has 7 heteroatoms. The third-order valence-electron chi connectivity index (χ3n) is 5.95. The first-order valence-corrected chi connectivity index (χ1v) is 12.5. The summed E-state index contributed by atoms with van der Waals surface area (Å²) >= 11 is 1.69. The average molecular weight is 480 g/mol. The normalized spacial score (nSPS) is 11.1. The maximum Gasteiger partial charge on any atom is 0.251 e. The third kappa shape index (κ3) is 4.95. The molecular formula is C28H25N5OS. The number of anilines is 1. The number of hydrogen-bond acceptors (Lipinski definition) is 6. The number of amides is 1. The summed E-state index contributed by atoms with van der Waals surface area (Å²) < 4.78 is 0. The second-order valence-corrected chi connectivity index (χ2v) is 9.32. The number of nitrogens with one attached hydrogen (secondary N) is 1. The standard InChI is InChI=1S/C28H25N5OS/c1-17-3-5-21-12-19(14-25(35-2)26(21)33-17)13-23-15-22(8-9-30-23)28(34)32-16-18-4-6-24-20(11-18)7-10-31-27(24)29/h3-12,14-15H,13,16H2,1-2H3,(H2,29,31)(H,32,34). The van der Waals surface area contributed by atoms with E-state index in [0.717, 1.165) is 49.1 Å². The highest BCUT2D eigenvalue weighted by Gasteiger charge is 2.10. The first-order chi connectivity index (χ1) is 17.0. The molecule has 35 heavy (non-hydrogen) atoms. The zero-order valence-corrected chi connectivity index (χ0v) is 20.4. The Hall–Kier alpha value is -3.97. The number of nitrogens with two attached hydrogens (primary N) is 1. The van der Waals surface area contributed by atoms with E-state index in [0.29, 0.717) is 24.3 Å². The van der Waals surface area contributed by atoms with E-state index >= 15 is 0 Å². The molecule has 0 radical (unpaired) electrons. The maximum atomic E-state index is 12.9. The molecule has 0 aliphatic carbocycles. The fourth-order valence-electron chi connectivity index (χ4n) is 4.19. The molecule has 5 rings (SSSR count). The molecular weight excluding hydrogens is 454 g/mol. The molecule has 1 amide bonds. The molecule has 6 nitrogen and oxygen atoms in total. The fourth-order valence-corrected chi connectivity index (χ4v) is 4.81. The monoisotopic (exact) mass is 479 g/mol. The number of carbonyl (C=O) groups is 1. The van der Waals surface area contributed by atoms with Gasteiger partial charge >= 0.3 is 0 Å². The van der Waals surface area contributed by atoms with Crippen LogP contribution in [-0.2, 0) is 13.0 Å². The Balaban J connectivity index is 1.31. The largest absolute Gasteiger partial charge is 0.383 e. The summed E-state index contributed by atoms with van der Waals surface area (Å²) in [5.41, 5.74) is 11.5. The van der Waals surface area contributed by atoms with Gasteiger partial charge in [-0.25, -0.2) is 4.98 Å². The number of nitrogen functional groups attached to an aromatic ring is 1. The van der Waals surface area contributed by atoms with Crippen molar-refractivity contribution in [1.82, 2.24) is 20.3 Å². The summed E-state index contributed by atoms with van der Waals surface area (Å²) in [5.74, 6) is 0.371. The summed E-state index contributed by atoms with van der Waals surface area (Å²) in [6.07, 6.45) is 6.08. The Labute approximate surface area is 208 Å². The molecule has 0 atom stereocenters. The number of fused-ring (bicyclic) bond motifs is 2. The molecule has 0 fully saturated rings. The average Bonchev–Trinajstić information content (AvgIpc) is 2.87. The number of aromatic nitrogens is 3. The van der Waals surface area contributed by atoms with Gasteiger partial charge in [0.25, 0.3) is 5.91 Å². The van der Waals surface area contributed by atoms with Crippen LogP contribution in [0.25, 0.3) is 21.7 Å². The minimum atomic E-state index is -0.133. The Morgan fingerprint density at radius 3 is 2.63 bits per heavy atom. The highest BCUT2D eigenvalue weighted by atomic mass is 32.2. The SMILES string of the molecule is CSc1cc(Cc2cc(C(=O)NCc3ccc4c(N)nccc4c3)ccn2)cc2ccc(C)nc12. The van der Waals surface area contributed by atoms with Crippen molar-refractivity contribution in [2.45, 2.75) is 24.8 Å². The van der Waals surface area contributed by atoms with Crippen molar-refractivity contribution in [2.75, 3.05) is 12.0 Å². The lowest BCUT2D eigenvalue weighted by Crippen LogP contribution is -2.23.